The molecule has 0 amide bonds. The third kappa shape index (κ3) is 8.17. The van der Waals surface area contributed by atoms with E-state index in [1.165, 1.54) is 0 Å². The molecule has 0 atom stereocenters. The average Bonchev–Trinajstić information content (AvgIpc) is 2.40. The number of nitrogens with zero attached hydrogens (tertiary/aromatic N) is 1. The van der Waals surface area contributed by atoms with E-state index in [1.54, 1.807) is 7.11 Å². The van der Waals surface area contributed by atoms with E-state index in [2.05, 4.69) is 36.8 Å². The van der Waals surface area contributed by atoms with Gasteiger partial charge in [0.1, 0.15) is 18.1 Å². The fraction of sp³-hybridized carbons (Fsp3) is 0.538. The topological polar surface area (TPSA) is 21.7 Å². The first-order valence-corrected chi connectivity index (χ1v) is 8.15. The number of ether oxygens (including phenoxy) is 2. The fourth-order valence-electron chi connectivity index (χ4n) is 1.54. The average molecular weight is 462 g/mol. The van der Waals surface area contributed by atoms with E-state index in [-0.39, 0.29) is 17.0 Å². The molecule has 0 saturated carbocycles. The Labute approximate surface area is 142 Å². The summed E-state index contributed by atoms with van der Waals surface area (Å²) in [6.45, 7) is 3.71. The van der Waals surface area contributed by atoms with E-state index in [1.807, 2.05) is 24.3 Å². The van der Waals surface area contributed by atoms with Gasteiger partial charge in [0.2, 0.25) is 0 Å². The zero-order chi connectivity index (χ0) is 13.2. The lowest BCUT2D eigenvalue weighted by molar-refractivity contribution is 0.225. The summed E-state index contributed by atoms with van der Waals surface area (Å²) in [6.07, 6.45) is 0. The summed E-state index contributed by atoms with van der Waals surface area (Å²) >= 11 is 6.92. The largest absolute Gasteiger partial charge is 0.497 e. The lowest BCUT2D eigenvalue weighted by atomic mass is 10.3. The molecular weight excluding hydrogens is 442 g/mol. The van der Waals surface area contributed by atoms with Gasteiger partial charge in [0.25, 0.3) is 0 Å². The Morgan fingerprint density at radius 1 is 0.947 bits per heavy atom. The van der Waals surface area contributed by atoms with E-state index < -0.39 is 0 Å². The molecule has 0 aliphatic heterocycles. The van der Waals surface area contributed by atoms with Crippen molar-refractivity contribution in [3.05, 3.63) is 24.3 Å². The Kier molecular flexibility index (Phi) is 12.1. The van der Waals surface area contributed by atoms with Gasteiger partial charge in [-0.05, 0) is 24.3 Å². The Morgan fingerprint density at radius 3 is 1.95 bits per heavy atom. The Morgan fingerprint density at radius 2 is 1.47 bits per heavy atom. The van der Waals surface area contributed by atoms with Gasteiger partial charge in [-0.2, -0.15) is 0 Å². The van der Waals surface area contributed by atoms with Crippen LogP contribution in [0.15, 0.2) is 24.3 Å². The first kappa shape index (κ1) is 19.2. The van der Waals surface area contributed by atoms with E-state index in [0.29, 0.717) is 6.61 Å². The highest BCUT2D eigenvalue weighted by atomic mass is 79.9. The maximum Gasteiger partial charge on any atom is 0.119 e. The minimum absolute atomic E-state index is 0. The summed E-state index contributed by atoms with van der Waals surface area (Å²) in [4.78, 5) is 2.35. The molecule has 0 saturated heterocycles. The van der Waals surface area contributed by atoms with Crippen LogP contribution in [0.25, 0.3) is 0 Å². The number of halogens is 3. The Balaban J connectivity index is 0.00000324. The van der Waals surface area contributed by atoms with Gasteiger partial charge in [0.05, 0.1) is 7.11 Å². The van der Waals surface area contributed by atoms with Gasteiger partial charge in [-0.3, -0.25) is 4.90 Å². The number of rotatable bonds is 9. The predicted molar refractivity (Wildman–Crippen MR) is 92.8 cm³/mol. The minimum Gasteiger partial charge on any atom is -0.497 e. The van der Waals surface area contributed by atoms with E-state index >= 15 is 0 Å². The summed E-state index contributed by atoms with van der Waals surface area (Å²) in [5.41, 5.74) is 0. The number of hydrogen-bond acceptors (Lipinski definition) is 3. The molecule has 0 aromatic heterocycles. The molecule has 1 rings (SSSR count). The van der Waals surface area contributed by atoms with Gasteiger partial charge >= 0.3 is 0 Å². The second-order valence-corrected chi connectivity index (χ2v) is 5.33. The van der Waals surface area contributed by atoms with E-state index in [0.717, 1.165) is 41.8 Å². The second kappa shape index (κ2) is 12.0. The standard InChI is InChI=1S/C13H19Br2NO2.BrH/c1-17-12-2-4-13(5-3-12)18-11-10-16(8-6-14)9-7-15;/h2-5H,6-11H2,1H3;1H. The van der Waals surface area contributed by atoms with Gasteiger partial charge in [0, 0.05) is 30.3 Å². The third-order valence-corrected chi connectivity index (χ3v) is 3.25. The summed E-state index contributed by atoms with van der Waals surface area (Å²) in [5, 5.41) is 1.98. The monoisotopic (exact) mass is 459 g/mol. The maximum atomic E-state index is 5.70. The number of benzene rings is 1. The molecule has 1 aromatic rings. The van der Waals surface area contributed by atoms with Crippen molar-refractivity contribution in [1.29, 1.82) is 0 Å². The summed E-state index contributed by atoms with van der Waals surface area (Å²) in [5.74, 6) is 1.73. The van der Waals surface area contributed by atoms with Crippen LogP contribution in [-0.4, -0.2) is 48.9 Å². The van der Waals surface area contributed by atoms with Crippen LogP contribution in [0, 0.1) is 0 Å². The number of hydrogen-bond donors (Lipinski definition) is 0. The summed E-state index contributed by atoms with van der Waals surface area (Å²) < 4.78 is 10.8. The Hall–Kier alpha value is 0.220. The van der Waals surface area contributed by atoms with Crippen molar-refractivity contribution in [3.63, 3.8) is 0 Å². The number of methoxy groups -OCH3 is 1. The van der Waals surface area contributed by atoms with E-state index in [9.17, 15) is 0 Å². The van der Waals surface area contributed by atoms with Crippen LogP contribution in [0.2, 0.25) is 0 Å². The number of alkyl halides is 2. The minimum atomic E-state index is 0. The van der Waals surface area contributed by atoms with Gasteiger partial charge < -0.3 is 9.47 Å². The zero-order valence-electron chi connectivity index (χ0n) is 11.0. The summed E-state index contributed by atoms with van der Waals surface area (Å²) in [6, 6.07) is 7.67. The summed E-state index contributed by atoms with van der Waals surface area (Å²) in [7, 11) is 1.66. The molecule has 0 aliphatic carbocycles. The molecule has 0 bridgehead atoms. The zero-order valence-corrected chi connectivity index (χ0v) is 15.9. The third-order valence-electron chi connectivity index (χ3n) is 2.54. The normalized spacial score (nSPS) is 10.1. The first-order valence-electron chi connectivity index (χ1n) is 5.91. The SMILES string of the molecule is Br.COc1ccc(OCCN(CCBr)CCBr)cc1. The first-order chi connectivity index (χ1) is 8.80. The van der Waals surface area contributed by atoms with Crippen molar-refractivity contribution >= 4 is 48.8 Å². The van der Waals surface area contributed by atoms with Gasteiger partial charge in [0.15, 0.2) is 0 Å². The molecule has 0 unspecified atom stereocenters. The molecule has 0 heterocycles. The van der Waals surface area contributed by atoms with Crippen molar-refractivity contribution < 1.29 is 9.47 Å². The van der Waals surface area contributed by atoms with Gasteiger partial charge in [-0.25, -0.2) is 0 Å². The molecule has 19 heavy (non-hydrogen) atoms. The quantitative estimate of drug-likeness (QED) is 0.523. The van der Waals surface area contributed by atoms with Crippen LogP contribution in [0.5, 0.6) is 11.5 Å². The van der Waals surface area contributed by atoms with Crippen molar-refractivity contribution in [2.45, 2.75) is 0 Å². The highest BCUT2D eigenvalue weighted by Crippen LogP contribution is 2.16. The molecule has 0 radical (unpaired) electrons. The molecule has 0 N–H and O–H groups in total. The fourth-order valence-corrected chi connectivity index (χ4v) is 2.54. The van der Waals surface area contributed by atoms with Crippen LogP contribution in [0.1, 0.15) is 0 Å². The van der Waals surface area contributed by atoms with Crippen molar-refractivity contribution in [3.8, 4) is 11.5 Å². The van der Waals surface area contributed by atoms with Crippen LogP contribution in [-0.2, 0) is 0 Å². The van der Waals surface area contributed by atoms with Crippen molar-refractivity contribution in [2.75, 3.05) is 44.0 Å². The molecule has 6 heteroatoms. The lowest BCUT2D eigenvalue weighted by Crippen LogP contribution is -2.31. The molecule has 0 fully saturated rings. The molecule has 110 valence electrons. The molecule has 1 aromatic carbocycles. The van der Waals surface area contributed by atoms with Crippen LogP contribution in [0.4, 0.5) is 0 Å². The van der Waals surface area contributed by atoms with Crippen LogP contribution in [0.3, 0.4) is 0 Å². The molecule has 0 spiro atoms. The lowest BCUT2D eigenvalue weighted by Gasteiger charge is -2.20. The van der Waals surface area contributed by atoms with Crippen molar-refractivity contribution in [2.24, 2.45) is 0 Å². The highest BCUT2D eigenvalue weighted by molar-refractivity contribution is 9.09. The maximum absolute atomic E-state index is 5.70. The van der Waals surface area contributed by atoms with Gasteiger partial charge in [-0.15, -0.1) is 17.0 Å². The van der Waals surface area contributed by atoms with Crippen LogP contribution >= 0.6 is 48.8 Å². The highest BCUT2D eigenvalue weighted by Gasteiger charge is 2.03. The molecular formula is C13H20Br3NO2. The van der Waals surface area contributed by atoms with Crippen LogP contribution < -0.4 is 9.47 Å². The van der Waals surface area contributed by atoms with Crippen molar-refractivity contribution in [1.82, 2.24) is 4.90 Å². The molecule has 3 nitrogen and oxygen atoms in total. The Bertz CT molecular complexity index is 316. The van der Waals surface area contributed by atoms with Gasteiger partial charge in [-0.1, -0.05) is 31.9 Å². The smallest absolute Gasteiger partial charge is 0.119 e. The van der Waals surface area contributed by atoms with E-state index in [4.69, 9.17) is 9.47 Å². The second-order valence-electron chi connectivity index (χ2n) is 3.74. The molecule has 0 aliphatic rings. The predicted octanol–water partition coefficient (Wildman–Crippen LogP) is 3.74.